The van der Waals surface area contributed by atoms with E-state index in [0.29, 0.717) is 11.3 Å². The van der Waals surface area contributed by atoms with Gasteiger partial charge in [0.1, 0.15) is 29.4 Å². The summed E-state index contributed by atoms with van der Waals surface area (Å²) in [6.45, 7) is 2.41. The first-order chi connectivity index (χ1) is 12.4. The highest BCUT2D eigenvalue weighted by Crippen LogP contribution is 2.26. The van der Waals surface area contributed by atoms with Crippen molar-refractivity contribution in [2.75, 3.05) is 7.11 Å². The number of carbonyl (C=O) groups is 3. The van der Waals surface area contributed by atoms with Crippen LogP contribution in [0.25, 0.3) is 0 Å². The van der Waals surface area contributed by atoms with Crippen LogP contribution in [-0.2, 0) is 20.9 Å². The van der Waals surface area contributed by atoms with E-state index in [0.717, 1.165) is 0 Å². The number of rotatable bonds is 6. The summed E-state index contributed by atoms with van der Waals surface area (Å²) >= 11 is 0. The van der Waals surface area contributed by atoms with Crippen LogP contribution in [0.2, 0.25) is 0 Å². The third-order valence-corrected chi connectivity index (χ3v) is 3.24. The minimum Gasteiger partial charge on any atom is -0.496 e. The quantitative estimate of drug-likeness (QED) is 0.579. The van der Waals surface area contributed by atoms with Gasteiger partial charge in [-0.3, -0.25) is 9.59 Å². The van der Waals surface area contributed by atoms with Gasteiger partial charge < -0.3 is 18.9 Å². The molecule has 0 saturated carbocycles. The predicted octanol–water partition coefficient (Wildman–Crippen LogP) is 2.90. The Labute approximate surface area is 150 Å². The van der Waals surface area contributed by atoms with E-state index in [1.165, 1.54) is 39.2 Å². The fraction of sp³-hybridized carbons (Fsp3) is 0.211. The maximum absolute atomic E-state index is 12.5. The second-order valence-corrected chi connectivity index (χ2v) is 5.23. The lowest BCUT2D eigenvalue weighted by Gasteiger charge is -2.12. The smallest absolute Gasteiger partial charge is 0.342 e. The van der Waals surface area contributed by atoms with Gasteiger partial charge in [-0.2, -0.15) is 0 Å². The summed E-state index contributed by atoms with van der Waals surface area (Å²) < 4.78 is 20.5. The number of para-hydroxylation sites is 1. The minimum atomic E-state index is -0.735. The summed E-state index contributed by atoms with van der Waals surface area (Å²) in [5.74, 6) is -1.14. The van der Waals surface area contributed by atoms with Crippen molar-refractivity contribution in [3.8, 4) is 17.2 Å². The summed E-state index contributed by atoms with van der Waals surface area (Å²) in [5.41, 5.74) is 0.641. The van der Waals surface area contributed by atoms with E-state index in [2.05, 4.69) is 0 Å². The van der Waals surface area contributed by atoms with Crippen LogP contribution in [0, 0.1) is 0 Å². The molecule has 0 N–H and O–H groups in total. The number of esters is 3. The first kappa shape index (κ1) is 19.0. The topological polar surface area (TPSA) is 88.1 Å². The zero-order chi connectivity index (χ0) is 19.1. The highest BCUT2D eigenvalue weighted by molar-refractivity contribution is 5.94. The third kappa shape index (κ3) is 5.07. The van der Waals surface area contributed by atoms with E-state index in [1.807, 2.05) is 0 Å². The Balaban J connectivity index is 2.24. The second kappa shape index (κ2) is 8.66. The average molecular weight is 358 g/mol. The van der Waals surface area contributed by atoms with E-state index in [4.69, 9.17) is 18.9 Å². The lowest BCUT2D eigenvalue weighted by Crippen LogP contribution is -2.12. The molecule has 0 fully saturated rings. The van der Waals surface area contributed by atoms with Crippen LogP contribution in [0.1, 0.15) is 29.8 Å². The van der Waals surface area contributed by atoms with Crippen molar-refractivity contribution in [2.24, 2.45) is 0 Å². The number of hydrogen-bond donors (Lipinski definition) is 0. The Morgan fingerprint density at radius 1 is 0.885 bits per heavy atom. The first-order valence-electron chi connectivity index (χ1n) is 7.70. The monoisotopic (exact) mass is 358 g/mol. The summed E-state index contributed by atoms with van der Waals surface area (Å²) in [7, 11) is 1.52. The second-order valence-electron chi connectivity index (χ2n) is 5.23. The fourth-order valence-electron chi connectivity index (χ4n) is 2.19. The van der Waals surface area contributed by atoms with Crippen LogP contribution < -0.4 is 14.2 Å². The van der Waals surface area contributed by atoms with Gasteiger partial charge in [-0.15, -0.1) is 0 Å². The summed E-state index contributed by atoms with van der Waals surface area (Å²) in [5, 5.41) is 0. The molecule has 0 aliphatic carbocycles. The van der Waals surface area contributed by atoms with Gasteiger partial charge in [-0.1, -0.05) is 18.2 Å². The van der Waals surface area contributed by atoms with E-state index < -0.39 is 17.9 Å². The molecule has 2 aromatic carbocycles. The van der Waals surface area contributed by atoms with Crippen LogP contribution >= 0.6 is 0 Å². The molecule has 7 nitrogen and oxygen atoms in total. The number of hydrogen-bond acceptors (Lipinski definition) is 7. The Morgan fingerprint density at radius 3 is 2.23 bits per heavy atom. The molecule has 0 amide bonds. The van der Waals surface area contributed by atoms with Crippen LogP contribution in [0.15, 0.2) is 42.5 Å². The van der Waals surface area contributed by atoms with Crippen LogP contribution in [0.3, 0.4) is 0 Å². The fourth-order valence-corrected chi connectivity index (χ4v) is 2.19. The van der Waals surface area contributed by atoms with Crippen LogP contribution in [0.4, 0.5) is 0 Å². The molecule has 0 radical (unpaired) electrons. The van der Waals surface area contributed by atoms with Crippen molar-refractivity contribution in [1.82, 2.24) is 0 Å². The lowest BCUT2D eigenvalue weighted by molar-refractivity contribution is -0.133. The number of carbonyl (C=O) groups excluding carboxylic acids is 3. The molecule has 136 valence electrons. The SMILES string of the molecule is COc1ccccc1COC(=O)c1cc(OC(C)=O)ccc1OC(C)=O. The Kier molecular flexibility index (Phi) is 6.32. The van der Waals surface area contributed by atoms with Gasteiger partial charge in [0.05, 0.1) is 7.11 Å². The van der Waals surface area contributed by atoms with Crippen molar-refractivity contribution in [2.45, 2.75) is 20.5 Å². The van der Waals surface area contributed by atoms with E-state index >= 15 is 0 Å². The maximum atomic E-state index is 12.5. The molecule has 7 heteroatoms. The Morgan fingerprint density at radius 2 is 1.58 bits per heavy atom. The maximum Gasteiger partial charge on any atom is 0.342 e. The molecule has 0 aliphatic rings. The molecule has 2 aromatic rings. The van der Waals surface area contributed by atoms with Gasteiger partial charge in [0.25, 0.3) is 0 Å². The van der Waals surface area contributed by atoms with E-state index in [-0.39, 0.29) is 23.7 Å². The first-order valence-corrected chi connectivity index (χ1v) is 7.70. The molecular weight excluding hydrogens is 340 g/mol. The Hall–Kier alpha value is -3.35. The zero-order valence-corrected chi connectivity index (χ0v) is 14.6. The van der Waals surface area contributed by atoms with Gasteiger partial charge in [0.2, 0.25) is 0 Å². The number of methoxy groups -OCH3 is 1. The van der Waals surface area contributed by atoms with Crippen LogP contribution in [0.5, 0.6) is 17.2 Å². The van der Waals surface area contributed by atoms with Crippen molar-refractivity contribution in [3.63, 3.8) is 0 Å². The molecular formula is C19H18O7. The highest BCUT2D eigenvalue weighted by atomic mass is 16.6. The van der Waals surface area contributed by atoms with Crippen LogP contribution in [-0.4, -0.2) is 25.0 Å². The molecule has 2 rings (SSSR count). The normalized spacial score (nSPS) is 9.96. The van der Waals surface area contributed by atoms with Crippen molar-refractivity contribution in [1.29, 1.82) is 0 Å². The minimum absolute atomic E-state index is 0.0124. The summed E-state index contributed by atoms with van der Waals surface area (Å²) in [4.78, 5) is 34.8. The summed E-state index contributed by atoms with van der Waals surface area (Å²) in [6.07, 6.45) is 0. The van der Waals surface area contributed by atoms with Gasteiger partial charge in [-0.25, -0.2) is 4.79 Å². The molecule has 0 unspecified atom stereocenters. The Bertz CT molecular complexity index is 826. The predicted molar refractivity (Wildman–Crippen MR) is 91.2 cm³/mol. The molecule has 26 heavy (non-hydrogen) atoms. The van der Waals surface area contributed by atoms with E-state index in [9.17, 15) is 14.4 Å². The van der Waals surface area contributed by atoms with E-state index in [1.54, 1.807) is 24.3 Å². The molecule has 0 saturated heterocycles. The van der Waals surface area contributed by atoms with Gasteiger partial charge in [0, 0.05) is 19.4 Å². The molecule has 0 spiro atoms. The molecule has 0 atom stereocenters. The molecule has 0 aliphatic heterocycles. The molecule has 0 aromatic heterocycles. The van der Waals surface area contributed by atoms with Gasteiger partial charge >= 0.3 is 17.9 Å². The lowest BCUT2D eigenvalue weighted by atomic mass is 10.2. The van der Waals surface area contributed by atoms with Crippen molar-refractivity contribution in [3.05, 3.63) is 53.6 Å². The standard InChI is InChI=1S/C19H18O7/c1-12(20)25-15-8-9-18(26-13(2)21)16(10-15)19(22)24-11-14-6-4-5-7-17(14)23-3/h4-10H,11H2,1-3H3. The molecule has 0 heterocycles. The summed E-state index contributed by atoms with van der Waals surface area (Å²) in [6, 6.07) is 11.1. The molecule has 0 bridgehead atoms. The zero-order valence-electron chi connectivity index (χ0n) is 14.6. The van der Waals surface area contributed by atoms with Gasteiger partial charge in [0.15, 0.2) is 0 Å². The number of ether oxygens (including phenoxy) is 4. The van der Waals surface area contributed by atoms with Crippen molar-refractivity contribution < 1.29 is 33.3 Å². The average Bonchev–Trinajstić information content (AvgIpc) is 2.60. The number of benzene rings is 2. The highest BCUT2D eigenvalue weighted by Gasteiger charge is 2.18. The van der Waals surface area contributed by atoms with Gasteiger partial charge in [-0.05, 0) is 24.3 Å². The third-order valence-electron chi connectivity index (χ3n) is 3.24. The van der Waals surface area contributed by atoms with Crippen molar-refractivity contribution >= 4 is 17.9 Å². The largest absolute Gasteiger partial charge is 0.496 e.